The van der Waals surface area contributed by atoms with Gasteiger partial charge in [-0.15, -0.1) is 0 Å². The number of likely N-dealkylation sites (N-methyl/N-ethyl adjacent to an activating group) is 1. The summed E-state index contributed by atoms with van der Waals surface area (Å²) in [6.45, 7) is 7.64. The molecule has 0 bridgehead atoms. The fraction of sp³-hybridized carbons (Fsp3) is 0.833. The minimum absolute atomic E-state index is 0.625. The average Bonchev–Trinajstić information content (AvgIpc) is 1.96. The molecule has 0 aliphatic heterocycles. The Morgan fingerprint density at radius 3 is 2.54 bits per heavy atom. The van der Waals surface area contributed by atoms with Crippen LogP contribution >= 0.6 is 0 Å². The third-order valence-corrected chi connectivity index (χ3v) is 2.81. The van der Waals surface area contributed by atoms with Crippen molar-refractivity contribution < 1.29 is 0 Å². The summed E-state index contributed by atoms with van der Waals surface area (Å²) in [5.41, 5.74) is 1.44. The van der Waals surface area contributed by atoms with E-state index in [9.17, 15) is 0 Å². The van der Waals surface area contributed by atoms with Crippen molar-refractivity contribution in [1.82, 2.24) is 5.32 Å². The molecule has 13 heavy (non-hydrogen) atoms. The van der Waals surface area contributed by atoms with Crippen molar-refractivity contribution in [2.24, 2.45) is 5.92 Å². The van der Waals surface area contributed by atoms with E-state index in [1.807, 2.05) is 0 Å². The lowest BCUT2D eigenvalue weighted by Gasteiger charge is -2.29. The summed E-state index contributed by atoms with van der Waals surface area (Å²) in [6.07, 6.45) is 8.09. The van der Waals surface area contributed by atoms with E-state index in [1.165, 1.54) is 31.3 Å². The molecule has 1 nitrogen and oxygen atoms in total. The Bertz CT molecular complexity index is 164. The Hall–Kier alpha value is -0.300. The van der Waals surface area contributed by atoms with Crippen LogP contribution in [0.2, 0.25) is 0 Å². The molecule has 0 spiro atoms. The van der Waals surface area contributed by atoms with Crippen LogP contribution in [0.5, 0.6) is 0 Å². The van der Waals surface area contributed by atoms with E-state index in [4.69, 9.17) is 0 Å². The van der Waals surface area contributed by atoms with Crippen molar-refractivity contribution in [2.75, 3.05) is 6.54 Å². The predicted octanol–water partition coefficient (Wildman–Crippen LogP) is 3.12. The van der Waals surface area contributed by atoms with Crippen LogP contribution in [-0.4, -0.2) is 12.6 Å². The van der Waals surface area contributed by atoms with Gasteiger partial charge in [0.15, 0.2) is 0 Å². The number of hydrogen-bond acceptors (Lipinski definition) is 1. The molecule has 0 amide bonds. The van der Waals surface area contributed by atoms with Crippen LogP contribution in [0.15, 0.2) is 11.6 Å². The summed E-state index contributed by atoms with van der Waals surface area (Å²) in [5, 5.41) is 3.54. The molecule has 0 saturated heterocycles. The lowest BCUT2D eigenvalue weighted by Crippen LogP contribution is -2.31. The largest absolute Gasteiger partial charge is 0.311 e. The lowest BCUT2D eigenvalue weighted by molar-refractivity contribution is 0.275. The van der Waals surface area contributed by atoms with Gasteiger partial charge < -0.3 is 5.32 Å². The van der Waals surface area contributed by atoms with Crippen LogP contribution in [-0.2, 0) is 0 Å². The molecule has 1 rings (SSSR count). The third kappa shape index (κ3) is 3.95. The molecular weight excluding hydrogens is 158 g/mol. The van der Waals surface area contributed by atoms with Crippen molar-refractivity contribution in [3.63, 3.8) is 0 Å². The topological polar surface area (TPSA) is 12.0 Å². The second-order valence-corrected chi connectivity index (χ2v) is 4.44. The summed E-state index contributed by atoms with van der Waals surface area (Å²) in [6, 6.07) is 0.625. The van der Waals surface area contributed by atoms with Crippen LogP contribution in [0.3, 0.4) is 0 Å². The molecular formula is C12H23N. The van der Waals surface area contributed by atoms with Gasteiger partial charge >= 0.3 is 0 Å². The van der Waals surface area contributed by atoms with Gasteiger partial charge in [0.2, 0.25) is 0 Å². The number of allylic oxidation sites excluding steroid dienone is 1. The highest BCUT2D eigenvalue weighted by Crippen LogP contribution is 2.30. The second-order valence-electron chi connectivity index (χ2n) is 4.44. The van der Waals surface area contributed by atoms with Gasteiger partial charge in [-0.3, -0.25) is 0 Å². The van der Waals surface area contributed by atoms with Gasteiger partial charge in [0.1, 0.15) is 0 Å². The predicted molar refractivity (Wildman–Crippen MR) is 58.9 cm³/mol. The van der Waals surface area contributed by atoms with E-state index in [2.05, 4.69) is 32.2 Å². The van der Waals surface area contributed by atoms with Gasteiger partial charge in [0.05, 0.1) is 0 Å². The first-order valence-corrected chi connectivity index (χ1v) is 5.60. The van der Waals surface area contributed by atoms with E-state index in [1.54, 1.807) is 0 Å². The third-order valence-electron chi connectivity index (χ3n) is 2.81. The van der Waals surface area contributed by atoms with Gasteiger partial charge in [0, 0.05) is 6.04 Å². The van der Waals surface area contributed by atoms with Gasteiger partial charge in [-0.1, -0.05) is 37.8 Å². The summed E-state index contributed by atoms with van der Waals surface area (Å²) in [4.78, 5) is 0. The van der Waals surface area contributed by atoms with Crippen LogP contribution in [0.1, 0.15) is 46.5 Å². The highest BCUT2D eigenvalue weighted by atomic mass is 14.9. The van der Waals surface area contributed by atoms with Crippen molar-refractivity contribution in [2.45, 2.75) is 52.5 Å². The summed E-state index contributed by atoms with van der Waals surface area (Å²) in [7, 11) is 0. The smallest absolute Gasteiger partial charge is 0.0254 e. The Morgan fingerprint density at radius 1 is 1.46 bits per heavy atom. The molecule has 1 aliphatic carbocycles. The maximum atomic E-state index is 3.54. The van der Waals surface area contributed by atoms with Gasteiger partial charge in [-0.2, -0.15) is 0 Å². The molecule has 1 saturated carbocycles. The van der Waals surface area contributed by atoms with Crippen LogP contribution in [0.4, 0.5) is 0 Å². The Balaban J connectivity index is 2.32. The normalized spacial score (nSPS) is 19.3. The van der Waals surface area contributed by atoms with E-state index in [-0.39, 0.29) is 0 Å². The molecule has 1 atom stereocenters. The van der Waals surface area contributed by atoms with E-state index in [0.717, 1.165) is 12.5 Å². The fourth-order valence-electron chi connectivity index (χ4n) is 1.96. The van der Waals surface area contributed by atoms with Crippen LogP contribution in [0.25, 0.3) is 0 Å². The Labute approximate surface area is 82.6 Å². The standard InChI is InChI=1S/C12H23N/c1-4-13-12(8-10(2)3)9-11-6-5-7-11/h8,11-13H,4-7,9H2,1-3H3. The second kappa shape index (κ2) is 5.43. The zero-order valence-electron chi connectivity index (χ0n) is 9.27. The maximum absolute atomic E-state index is 3.54. The first kappa shape index (κ1) is 10.8. The maximum Gasteiger partial charge on any atom is 0.0254 e. The molecule has 1 fully saturated rings. The summed E-state index contributed by atoms with van der Waals surface area (Å²) < 4.78 is 0. The van der Waals surface area contributed by atoms with E-state index in [0.29, 0.717) is 6.04 Å². The summed E-state index contributed by atoms with van der Waals surface area (Å²) in [5.74, 6) is 1.000. The molecule has 1 aliphatic rings. The van der Waals surface area contributed by atoms with Crippen LogP contribution < -0.4 is 5.32 Å². The van der Waals surface area contributed by atoms with Gasteiger partial charge in [0.25, 0.3) is 0 Å². The molecule has 0 aromatic rings. The van der Waals surface area contributed by atoms with E-state index < -0.39 is 0 Å². The van der Waals surface area contributed by atoms with Crippen LogP contribution in [0, 0.1) is 5.92 Å². The number of rotatable bonds is 5. The molecule has 0 aromatic carbocycles. The van der Waals surface area contributed by atoms with Crippen molar-refractivity contribution >= 4 is 0 Å². The van der Waals surface area contributed by atoms with Crippen molar-refractivity contribution in [1.29, 1.82) is 0 Å². The quantitative estimate of drug-likeness (QED) is 0.643. The van der Waals surface area contributed by atoms with Gasteiger partial charge in [-0.05, 0) is 32.7 Å². The van der Waals surface area contributed by atoms with Crippen molar-refractivity contribution in [3.05, 3.63) is 11.6 Å². The highest BCUT2D eigenvalue weighted by Gasteiger charge is 2.20. The zero-order valence-corrected chi connectivity index (χ0v) is 9.27. The first-order valence-electron chi connectivity index (χ1n) is 5.60. The first-order chi connectivity index (χ1) is 6.22. The molecule has 0 aromatic heterocycles. The average molecular weight is 181 g/mol. The minimum Gasteiger partial charge on any atom is -0.311 e. The number of nitrogens with one attached hydrogen (secondary N) is 1. The SMILES string of the molecule is CCNC(C=C(C)C)CC1CCC1. The zero-order chi connectivity index (χ0) is 9.68. The minimum atomic E-state index is 0.625. The Morgan fingerprint density at radius 2 is 2.15 bits per heavy atom. The fourth-order valence-corrected chi connectivity index (χ4v) is 1.96. The lowest BCUT2D eigenvalue weighted by atomic mass is 9.80. The van der Waals surface area contributed by atoms with Crippen molar-refractivity contribution in [3.8, 4) is 0 Å². The summed E-state index contributed by atoms with van der Waals surface area (Å²) >= 11 is 0. The van der Waals surface area contributed by atoms with Gasteiger partial charge in [-0.25, -0.2) is 0 Å². The molecule has 0 radical (unpaired) electrons. The monoisotopic (exact) mass is 181 g/mol. The van der Waals surface area contributed by atoms with E-state index >= 15 is 0 Å². The Kier molecular flexibility index (Phi) is 4.51. The number of hydrogen-bond donors (Lipinski definition) is 1. The molecule has 1 unspecified atom stereocenters. The molecule has 76 valence electrons. The molecule has 1 N–H and O–H groups in total. The highest BCUT2D eigenvalue weighted by molar-refractivity contribution is 5.01. The molecule has 1 heteroatoms. The molecule has 0 heterocycles.